The Labute approximate surface area is 308 Å². The van der Waals surface area contributed by atoms with Crippen LogP contribution in [0.2, 0.25) is 0 Å². The summed E-state index contributed by atoms with van der Waals surface area (Å²) in [5.74, 6) is 0. The van der Waals surface area contributed by atoms with E-state index in [0.29, 0.717) is 5.56 Å². The Hall–Kier alpha value is -7.15. The molecule has 0 bridgehead atoms. The Balaban J connectivity index is 1.30. The summed E-state index contributed by atoms with van der Waals surface area (Å²) in [5, 5.41) is 13.3. The first kappa shape index (κ1) is 30.7. The fourth-order valence-corrected chi connectivity index (χ4v) is 8.82. The van der Waals surface area contributed by atoms with Crippen molar-refractivity contribution in [2.24, 2.45) is 0 Å². The van der Waals surface area contributed by atoms with Gasteiger partial charge >= 0.3 is 0 Å². The number of benzene rings is 8. The van der Waals surface area contributed by atoms with Crippen LogP contribution in [-0.2, 0) is 5.41 Å². The van der Waals surface area contributed by atoms with Crippen molar-refractivity contribution in [2.45, 2.75) is 5.41 Å². The van der Waals surface area contributed by atoms with Crippen LogP contribution < -0.4 is 4.90 Å². The van der Waals surface area contributed by atoms with Gasteiger partial charge in [-0.2, -0.15) is 5.26 Å². The highest BCUT2D eigenvalue weighted by molar-refractivity contribution is 6.10. The number of anilines is 3. The normalized spacial score (nSPS) is 13.0. The van der Waals surface area contributed by atoms with Crippen molar-refractivity contribution in [3.05, 3.63) is 228 Å². The molecule has 248 valence electrons. The second-order valence-electron chi connectivity index (χ2n) is 13.6. The van der Waals surface area contributed by atoms with Crippen LogP contribution in [0.15, 0.2) is 200 Å². The molecule has 10 rings (SSSR count). The summed E-state index contributed by atoms with van der Waals surface area (Å²) in [6, 6.07) is 73.7. The number of para-hydroxylation sites is 6. The predicted octanol–water partition coefficient (Wildman–Crippen LogP) is 12.5. The van der Waals surface area contributed by atoms with Crippen LogP contribution in [0.1, 0.15) is 27.8 Å². The summed E-state index contributed by atoms with van der Waals surface area (Å²) in [6.07, 6.45) is 0. The van der Waals surface area contributed by atoms with Crippen LogP contribution in [0, 0.1) is 11.3 Å². The van der Waals surface area contributed by atoms with Gasteiger partial charge in [-0.1, -0.05) is 164 Å². The second-order valence-corrected chi connectivity index (χ2v) is 13.6. The number of nitrogens with zero attached hydrogens (tertiary/aromatic N) is 3. The van der Waals surface area contributed by atoms with Gasteiger partial charge in [0.1, 0.15) is 6.07 Å². The first-order chi connectivity index (χ1) is 26.3. The topological polar surface area (TPSA) is 32.0 Å². The van der Waals surface area contributed by atoms with Crippen molar-refractivity contribution in [3.8, 4) is 22.9 Å². The van der Waals surface area contributed by atoms with Gasteiger partial charge in [0.05, 0.1) is 44.8 Å². The van der Waals surface area contributed by atoms with E-state index >= 15 is 0 Å². The molecule has 0 spiro atoms. The highest BCUT2D eigenvalue weighted by atomic mass is 15.2. The third-order valence-corrected chi connectivity index (χ3v) is 10.9. The first-order valence-corrected chi connectivity index (χ1v) is 18.0. The molecule has 0 N–H and O–H groups in total. The lowest BCUT2D eigenvalue weighted by molar-refractivity contribution is 0.731. The van der Waals surface area contributed by atoms with Gasteiger partial charge in [-0.05, 0) is 58.7 Å². The lowest BCUT2D eigenvalue weighted by Gasteiger charge is -2.47. The average molecular weight is 676 g/mol. The van der Waals surface area contributed by atoms with Gasteiger partial charge in [-0.15, -0.1) is 0 Å². The minimum Gasteiger partial charge on any atom is -0.309 e. The van der Waals surface area contributed by atoms with Crippen molar-refractivity contribution >= 4 is 38.9 Å². The summed E-state index contributed by atoms with van der Waals surface area (Å²) in [5.41, 5.74) is 13.0. The number of hydrogen-bond donors (Lipinski definition) is 0. The molecule has 0 fully saturated rings. The van der Waals surface area contributed by atoms with Gasteiger partial charge in [0.15, 0.2) is 0 Å². The van der Waals surface area contributed by atoms with Crippen molar-refractivity contribution in [1.82, 2.24) is 4.57 Å². The molecule has 3 heteroatoms. The van der Waals surface area contributed by atoms with Crippen molar-refractivity contribution < 1.29 is 0 Å². The smallest absolute Gasteiger partial charge is 0.101 e. The fourth-order valence-electron chi connectivity index (χ4n) is 8.82. The van der Waals surface area contributed by atoms with Crippen LogP contribution in [0.3, 0.4) is 0 Å². The van der Waals surface area contributed by atoms with E-state index in [1.165, 1.54) is 21.9 Å². The molecule has 0 aliphatic carbocycles. The molecule has 1 aliphatic heterocycles. The zero-order chi connectivity index (χ0) is 35.4. The van der Waals surface area contributed by atoms with Crippen LogP contribution in [0.4, 0.5) is 17.1 Å². The van der Waals surface area contributed by atoms with Gasteiger partial charge in [-0.25, -0.2) is 0 Å². The van der Waals surface area contributed by atoms with E-state index in [4.69, 9.17) is 0 Å². The standard InChI is InChI=1S/C50H33N3/c51-34-35-18-17-26-41(40-25-9-14-31-46(40)52-44-29-12-7-23-38(44)39-24-8-13-30-45(39)52)49(35)53-47-32-15-10-27-42(47)50(36-19-3-1-4-20-36,37-21-5-2-6-22-37)43-28-11-16-33-48(43)53/h1-33H. The van der Waals surface area contributed by atoms with Crippen molar-refractivity contribution in [2.75, 3.05) is 4.90 Å². The summed E-state index contributed by atoms with van der Waals surface area (Å²) in [6.45, 7) is 0. The van der Waals surface area contributed by atoms with E-state index in [2.05, 4.69) is 204 Å². The quantitative estimate of drug-likeness (QED) is 0.182. The fraction of sp³-hybridized carbons (Fsp3) is 0.0200. The van der Waals surface area contributed by atoms with Crippen LogP contribution in [-0.4, -0.2) is 4.57 Å². The molecule has 0 saturated heterocycles. The summed E-state index contributed by atoms with van der Waals surface area (Å²) in [7, 11) is 0. The third kappa shape index (κ3) is 4.46. The molecular formula is C50H33N3. The minimum atomic E-state index is -0.602. The second kappa shape index (κ2) is 12.3. The highest BCUT2D eigenvalue weighted by Gasteiger charge is 2.46. The number of rotatable bonds is 5. The molecule has 0 saturated carbocycles. The Morgan fingerprint density at radius 2 is 0.849 bits per heavy atom. The van der Waals surface area contributed by atoms with Crippen molar-refractivity contribution in [1.29, 1.82) is 5.26 Å². The van der Waals surface area contributed by atoms with Crippen LogP contribution in [0.25, 0.3) is 38.6 Å². The van der Waals surface area contributed by atoms with Crippen LogP contribution in [0.5, 0.6) is 0 Å². The molecule has 0 unspecified atom stereocenters. The molecule has 3 nitrogen and oxygen atoms in total. The zero-order valence-electron chi connectivity index (χ0n) is 28.9. The summed E-state index contributed by atoms with van der Waals surface area (Å²) in [4.78, 5) is 2.34. The lowest BCUT2D eigenvalue weighted by atomic mass is 9.62. The highest BCUT2D eigenvalue weighted by Crippen LogP contribution is 2.59. The summed E-state index contributed by atoms with van der Waals surface area (Å²) < 4.78 is 2.37. The molecule has 0 radical (unpaired) electrons. The maximum Gasteiger partial charge on any atom is 0.101 e. The van der Waals surface area contributed by atoms with Crippen molar-refractivity contribution in [3.63, 3.8) is 0 Å². The molecule has 2 heterocycles. The largest absolute Gasteiger partial charge is 0.309 e. The molecule has 1 aliphatic rings. The maximum atomic E-state index is 10.9. The van der Waals surface area contributed by atoms with E-state index in [9.17, 15) is 5.26 Å². The number of hydrogen-bond acceptors (Lipinski definition) is 2. The van der Waals surface area contributed by atoms with Gasteiger partial charge in [0.25, 0.3) is 0 Å². The third-order valence-electron chi connectivity index (χ3n) is 10.9. The van der Waals surface area contributed by atoms with Gasteiger partial charge < -0.3 is 9.47 Å². The first-order valence-electron chi connectivity index (χ1n) is 18.0. The molecule has 8 aromatic carbocycles. The SMILES string of the molecule is N#Cc1cccc(-c2ccccc2-n2c3ccccc3c3ccccc32)c1N1c2ccccc2C(c2ccccc2)(c2ccccc2)c2ccccc21. The average Bonchev–Trinajstić information content (AvgIpc) is 3.57. The van der Waals surface area contributed by atoms with E-state index in [-0.39, 0.29) is 0 Å². The minimum absolute atomic E-state index is 0.602. The number of fused-ring (bicyclic) bond motifs is 5. The molecule has 53 heavy (non-hydrogen) atoms. The Morgan fingerprint density at radius 1 is 0.396 bits per heavy atom. The van der Waals surface area contributed by atoms with Crippen LogP contribution >= 0.6 is 0 Å². The summed E-state index contributed by atoms with van der Waals surface area (Å²) >= 11 is 0. The molecule has 1 aromatic heterocycles. The lowest BCUT2D eigenvalue weighted by Crippen LogP contribution is -2.38. The molecule has 0 atom stereocenters. The van der Waals surface area contributed by atoms with E-state index in [0.717, 1.165) is 56.0 Å². The monoisotopic (exact) mass is 675 g/mol. The Kier molecular flexibility index (Phi) is 7.09. The molecule has 0 amide bonds. The van der Waals surface area contributed by atoms with E-state index < -0.39 is 5.41 Å². The van der Waals surface area contributed by atoms with E-state index in [1.54, 1.807) is 0 Å². The molecular weight excluding hydrogens is 643 g/mol. The maximum absolute atomic E-state index is 10.9. The van der Waals surface area contributed by atoms with Gasteiger partial charge in [0.2, 0.25) is 0 Å². The van der Waals surface area contributed by atoms with E-state index in [1.807, 2.05) is 12.1 Å². The number of aromatic nitrogens is 1. The van der Waals surface area contributed by atoms with Gasteiger partial charge in [0, 0.05) is 21.9 Å². The number of nitriles is 1. The Morgan fingerprint density at radius 3 is 1.42 bits per heavy atom. The predicted molar refractivity (Wildman–Crippen MR) is 217 cm³/mol. The molecule has 9 aromatic rings. The van der Waals surface area contributed by atoms with Gasteiger partial charge in [-0.3, -0.25) is 0 Å². The zero-order valence-corrected chi connectivity index (χ0v) is 28.9. The Bertz CT molecular complexity index is 2720.